The van der Waals surface area contributed by atoms with Gasteiger partial charge in [-0.05, 0) is 30.3 Å². The number of carbonyl (C=O) groups excluding carboxylic acids is 1. The maximum Gasteiger partial charge on any atom is 0.194 e. The summed E-state index contributed by atoms with van der Waals surface area (Å²) < 4.78 is 0. The maximum atomic E-state index is 12.9. The lowest BCUT2D eigenvalue weighted by molar-refractivity contribution is 0.104. The first-order valence-electron chi connectivity index (χ1n) is 8.74. The molecule has 1 aliphatic carbocycles. The Balaban J connectivity index is 1.75. The maximum absolute atomic E-state index is 12.9. The second-order valence-electron chi connectivity index (χ2n) is 6.89. The lowest BCUT2D eigenvalue weighted by atomic mass is 9.84. The van der Waals surface area contributed by atoms with E-state index in [2.05, 4.69) is 22.9 Å². The third-order valence-corrected chi connectivity index (χ3v) is 5.35. The zero-order valence-corrected chi connectivity index (χ0v) is 14.2. The van der Waals surface area contributed by atoms with E-state index in [0.717, 1.165) is 65.2 Å². The number of hydrogen-bond acceptors (Lipinski definition) is 4. The van der Waals surface area contributed by atoms with E-state index in [4.69, 9.17) is 4.98 Å². The monoisotopic (exact) mass is 329 g/mol. The van der Waals surface area contributed by atoms with Gasteiger partial charge in [-0.25, -0.2) is 4.98 Å². The summed E-state index contributed by atoms with van der Waals surface area (Å²) in [4.78, 5) is 22.5. The Labute approximate surface area is 146 Å². The number of hydrogen-bond donors (Lipinski definition) is 0. The van der Waals surface area contributed by atoms with Crippen molar-refractivity contribution in [2.24, 2.45) is 0 Å². The van der Waals surface area contributed by atoms with Crippen molar-refractivity contribution in [3.63, 3.8) is 0 Å². The second-order valence-corrected chi connectivity index (χ2v) is 6.89. The van der Waals surface area contributed by atoms with Crippen LogP contribution in [0.3, 0.4) is 0 Å². The molecule has 1 aliphatic heterocycles. The van der Waals surface area contributed by atoms with Crippen LogP contribution in [0.15, 0.2) is 48.5 Å². The molecule has 1 saturated heterocycles. The van der Waals surface area contributed by atoms with Crippen LogP contribution in [0.1, 0.15) is 15.9 Å². The molecule has 0 amide bonds. The van der Waals surface area contributed by atoms with Crippen LogP contribution in [-0.4, -0.2) is 48.9 Å². The standard InChI is InChI=1S/C21H19N3O/c1-23-9-11-24(12-10-23)19-13-17-14-5-2-3-6-15(14)21(25)16-7-4-8-18(22-19)20(16)17/h2-8,13H,9-12H2,1H3. The predicted octanol–water partition coefficient (Wildman–Crippen LogP) is 3.20. The first-order chi connectivity index (χ1) is 12.2. The number of ketones is 1. The van der Waals surface area contributed by atoms with Crippen molar-refractivity contribution in [3.05, 3.63) is 59.7 Å². The first-order valence-corrected chi connectivity index (χ1v) is 8.74. The molecule has 1 fully saturated rings. The molecule has 25 heavy (non-hydrogen) atoms. The summed E-state index contributed by atoms with van der Waals surface area (Å²) in [5.74, 6) is 1.11. The Bertz CT molecular complexity index is 1000. The average Bonchev–Trinajstić information content (AvgIpc) is 2.66. The van der Waals surface area contributed by atoms with Crippen molar-refractivity contribution in [3.8, 4) is 11.1 Å². The minimum absolute atomic E-state index is 0.0999. The Morgan fingerprint density at radius 1 is 0.840 bits per heavy atom. The minimum atomic E-state index is 0.0999. The fourth-order valence-electron chi connectivity index (χ4n) is 3.93. The Morgan fingerprint density at radius 2 is 1.56 bits per heavy atom. The number of fused-ring (bicyclic) bond motifs is 2. The summed E-state index contributed by atoms with van der Waals surface area (Å²) in [6.07, 6.45) is 0. The number of likely N-dealkylation sites (N-methyl/N-ethyl adjacent to an activating group) is 1. The smallest absolute Gasteiger partial charge is 0.194 e. The molecule has 4 heteroatoms. The van der Waals surface area contributed by atoms with E-state index in [-0.39, 0.29) is 5.78 Å². The zero-order chi connectivity index (χ0) is 17.0. The van der Waals surface area contributed by atoms with Crippen LogP contribution < -0.4 is 4.90 Å². The first kappa shape index (κ1) is 14.6. The van der Waals surface area contributed by atoms with Crippen molar-refractivity contribution in [1.82, 2.24) is 9.88 Å². The van der Waals surface area contributed by atoms with E-state index in [1.165, 1.54) is 0 Å². The van der Waals surface area contributed by atoms with Crippen LogP contribution in [-0.2, 0) is 0 Å². The van der Waals surface area contributed by atoms with Crippen molar-refractivity contribution in [2.45, 2.75) is 0 Å². The van der Waals surface area contributed by atoms with Crippen molar-refractivity contribution < 1.29 is 4.79 Å². The molecule has 5 rings (SSSR count). The lowest BCUT2D eigenvalue weighted by Gasteiger charge is -2.34. The van der Waals surface area contributed by atoms with Gasteiger partial charge < -0.3 is 9.80 Å². The Morgan fingerprint density at radius 3 is 2.36 bits per heavy atom. The molecule has 4 nitrogen and oxygen atoms in total. The fraction of sp³-hybridized carbons (Fsp3) is 0.238. The summed E-state index contributed by atoms with van der Waals surface area (Å²) in [6, 6.07) is 16.0. The summed E-state index contributed by atoms with van der Waals surface area (Å²) in [7, 11) is 2.16. The van der Waals surface area contributed by atoms with Gasteiger partial charge in [0.25, 0.3) is 0 Å². The largest absolute Gasteiger partial charge is 0.354 e. The van der Waals surface area contributed by atoms with Gasteiger partial charge in [0.05, 0.1) is 5.52 Å². The molecule has 124 valence electrons. The second kappa shape index (κ2) is 5.39. The number of anilines is 1. The molecule has 1 aromatic heterocycles. The third kappa shape index (κ3) is 2.18. The number of pyridine rings is 1. The molecule has 0 saturated carbocycles. The number of nitrogens with zero attached hydrogens (tertiary/aromatic N) is 3. The highest BCUT2D eigenvalue weighted by atomic mass is 16.1. The molecule has 2 heterocycles. The van der Waals surface area contributed by atoms with Crippen LogP contribution in [0.5, 0.6) is 0 Å². The van der Waals surface area contributed by atoms with E-state index in [0.29, 0.717) is 0 Å². The van der Waals surface area contributed by atoms with E-state index < -0.39 is 0 Å². The van der Waals surface area contributed by atoms with Gasteiger partial charge in [-0.2, -0.15) is 0 Å². The SMILES string of the molecule is CN1CCN(c2cc3c4c(cccc4n2)C(=O)c2ccccc2-3)CC1. The average molecular weight is 329 g/mol. The van der Waals surface area contributed by atoms with E-state index in [9.17, 15) is 4.79 Å². The van der Waals surface area contributed by atoms with E-state index in [1.54, 1.807) is 0 Å². The summed E-state index contributed by atoms with van der Waals surface area (Å²) in [6.45, 7) is 4.05. The molecule has 0 bridgehead atoms. The normalized spacial score (nSPS) is 17.0. The number of piperazine rings is 1. The molecular weight excluding hydrogens is 310 g/mol. The number of rotatable bonds is 1. The van der Waals surface area contributed by atoms with Crippen molar-refractivity contribution >= 4 is 22.5 Å². The van der Waals surface area contributed by atoms with Gasteiger partial charge in [-0.1, -0.05) is 36.4 Å². The quantitative estimate of drug-likeness (QED) is 0.537. The van der Waals surface area contributed by atoms with Gasteiger partial charge in [0.2, 0.25) is 0 Å². The zero-order valence-electron chi connectivity index (χ0n) is 14.2. The molecule has 0 radical (unpaired) electrons. The molecule has 2 aliphatic rings. The van der Waals surface area contributed by atoms with Gasteiger partial charge in [0.1, 0.15) is 5.82 Å². The number of aromatic nitrogens is 1. The van der Waals surface area contributed by atoms with E-state index >= 15 is 0 Å². The van der Waals surface area contributed by atoms with Gasteiger partial charge in [0.15, 0.2) is 5.78 Å². The molecule has 3 aromatic rings. The highest BCUT2D eigenvalue weighted by molar-refractivity contribution is 6.25. The molecule has 0 spiro atoms. The summed E-state index contributed by atoms with van der Waals surface area (Å²) >= 11 is 0. The Kier molecular flexibility index (Phi) is 3.15. The van der Waals surface area contributed by atoms with Crippen LogP contribution in [0, 0.1) is 0 Å². The molecule has 0 N–H and O–H groups in total. The molecule has 2 aromatic carbocycles. The highest BCUT2D eigenvalue weighted by Crippen LogP contribution is 2.40. The summed E-state index contributed by atoms with van der Waals surface area (Å²) in [5, 5.41) is 0.990. The van der Waals surface area contributed by atoms with Crippen molar-refractivity contribution in [2.75, 3.05) is 38.1 Å². The minimum Gasteiger partial charge on any atom is -0.354 e. The fourth-order valence-corrected chi connectivity index (χ4v) is 3.93. The van der Waals surface area contributed by atoms with Crippen LogP contribution >= 0.6 is 0 Å². The predicted molar refractivity (Wildman–Crippen MR) is 100 cm³/mol. The van der Waals surface area contributed by atoms with Crippen LogP contribution in [0.4, 0.5) is 5.82 Å². The van der Waals surface area contributed by atoms with Crippen LogP contribution in [0.25, 0.3) is 22.0 Å². The molecular formula is C21H19N3O. The lowest BCUT2D eigenvalue weighted by Crippen LogP contribution is -2.44. The third-order valence-electron chi connectivity index (χ3n) is 5.35. The molecule has 0 atom stereocenters. The van der Waals surface area contributed by atoms with Gasteiger partial charge >= 0.3 is 0 Å². The van der Waals surface area contributed by atoms with Gasteiger partial charge in [0, 0.05) is 42.7 Å². The van der Waals surface area contributed by atoms with Gasteiger partial charge in [-0.3, -0.25) is 4.79 Å². The van der Waals surface area contributed by atoms with Gasteiger partial charge in [-0.15, -0.1) is 0 Å². The van der Waals surface area contributed by atoms with E-state index in [1.807, 2.05) is 42.5 Å². The van der Waals surface area contributed by atoms with Crippen molar-refractivity contribution in [1.29, 1.82) is 0 Å². The highest BCUT2D eigenvalue weighted by Gasteiger charge is 2.27. The van der Waals surface area contributed by atoms with Crippen LogP contribution in [0.2, 0.25) is 0 Å². The summed E-state index contributed by atoms with van der Waals surface area (Å²) in [5.41, 5.74) is 4.62. The number of benzene rings is 2. The Hall–Kier alpha value is -2.72. The molecule has 0 unspecified atom stereocenters. The topological polar surface area (TPSA) is 36.4 Å². The number of carbonyl (C=O) groups is 1.